The Labute approximate surface area is 106 Å². The van der Waals surface area contributed by atoms with E-state index in [9.17, 15) is 9.59 Å². The molecule has 1 heterocycles. The number of thioether (sulfide) groups is 1. The number of carbonyl (C=O) groups excluding carboxylic acids is 1. The molecular formula is C11H20N2O3S. The quantitative estimate of drug-likeness (QED) is 0.747. The lowest BCUT2D eigenvalue weighted by Crippen LogP contribution is -2.50. The summed E-state index contributed by atoms with van der Waals surface area (Å²) in [4.78, 5) is 24.7. The van der Waals surface area contributed by atoms with Crippen LogP contribution in [0, 0.1) is 5.92 Å². The molecule has 0 aromatic carbocycles. The summed E-state index contributed by atoms with van der Waals surface area (Å²) in [7, 11) is 0. The molecule has 0 aliphatic carbocycles. The van der Waals surface area contributed by atoms with E-state index >= 15 is 0 Å². The summed E-state index contributed by atoms with van der Waals surface area (Å²) in [5.74, 6) is 0.578. The Morgan fingerprint density at radius 1 is 1.59 bits per heavy atom. The lowest BCUT2D eigenvalue weighted by atomic mass is 10.0. The number of nitrogens with zero attached hydrogens (tertiary/aromatic N) is 1. The van der Waals surface area contributed by atoms with Gasteiger partial charge in [-0.3, -0.25) is 9.59 Å². The van der Waals surface area contributed by atoms with Gasteiger partial charge in [0.15, 0.2) is 0 Å². The summed E-state index contributed by atoms with van der Waals surface area (Å²) >= 11 is 1.70. The van der Waals surface area contributed by atoms with Crippen LogP contribution in [0.1, 0.15) is 19.8 Å². The minimum Gasteiger partial charge on any atom is -0.481 e. The van der Waals surface area contributed by atoms with Crippen molar-refractivity contribution in [1.29, 1.82) is 0 Å². The first-order valence-electron chi connectivity index (χ1n) is 5.90. The molecule has 0 aromatic heterocycles. The minimum absolute atomic E-state index is 0.0153. The number of rotatable bonds is 5. The van der Waals surface area contributed by atoms with Crippen LogP contribution in [-0.2, 0) is 9.59 Å². The van der Waals surface area contributed by atoms with Gasteiger partial charge in [0.2, 0.25) is 5.91 Å². The highest BCUT2D eigenvalue weighted by Crippen LogP contribution is 2.21. The van der Waals surface area contributed by atoms with E-state index in [4.69, 9.17) is 10.8 Å². The Morgan fingerprint density at radius 2 is 2.29 bits per heavy atom. The van der Waals surface area contributed by atoms with Crippen molar-refractivity contribution in [2.45, 2.75) is 25.8 Å². The number of aliphatic carboxylic acids is 1. The Balaban J connectivity index is 2.69. The van der Waals surface area contributed by atoms with E-state index in [1.54, 1.807) is 16.7 Å². The summed E-state index contributed by atoms with van der Waals surface area (Å²) in [6.45, 7) is 2.90. The zero-order valence-electron chi connectivity index (χ0n) is 10.1. The Kier molecular flexibility index (Phi) is 5.77. The molecule has 1 amide bonds. The number of hydrogen-bond acceptors (Lipinski definition) is 4. The van der Waals surface area contributed by atoms with E-state index in [2.05, 4.69) is 0 Å². The number of carboxylic acid groups (broad SMARTS) is 1. The molecule has 1 aliphatic rings. The summed E-state index contributed by atoms with van der Waals surface area (Å²) in [6, 6.07) is -0.181. The van der Waals surface area contributed by atoms with E-state index in [0.29, 0.717) is 25.3 Å². The molecule has 0 saturated carbocycles. The second-order valence-corrected chi connectivity index (χ2v) is 5.35. The maximum Gasteiger partial charge on any atom is 0.305 e. The van der Waals surface area contributed by atoms with E-state index in [1.807, 2.05) is 6.92 Å². The predicted molar refractivity (Wildman–Crippen MR) is 67.9 cm³/mol. The molecule has 0 spiro atoms. The normalized spacial score (nSPS) is 22.2. The minimum atomic E-state index is -0.851. The Morgan fingerprint density at radius 3 is 2.82 bits per heavy atom. The fourth-order valence-corrected chi connectivity index (χ4v) is 3.05. The standard InChI is InChI=1S/C11H20N2O3S/c1-2-8(6-12)11(16)13-3-4-17-7-9(13)5-10(14)15/h8-9H,2-7,12H2,1H3,(H,14,15). The van der Waals surface area contributed by atoms with Gasteiger partial charge in [0, 0.05) is 24.6 Å². The summed E-state index contributed by atoms with van der Waals surface area (Å²) < 4.78 is 0. The van der Waals surface area contributed by atoms with Gasteiger partial charge in [-0.25, -0.2) is 0 Å². The average Bonchev–Trinajstić information content (AvgIpc) is 2.30. The molecule has 5 nitrogen and oxygen atoms in total. The predicted octanol–water partition coefficient (Wildman–Crippen LogP) is 0.390. The van der Waals surface area contributed by atoms with Gasteiger partial charge in [-0.2, -0.15) is 11.8 Å². The molecule has 0 radical (unpaired) electrons. The number of amides is 1. The third-order valence-electron chi connectivity index (χ3n) is 3.05. The molecular weight excluding hydrogens is 240 g/mol. The molecule has 0 bridgehead atoms. The first-order chi connectivity index (χ1) is 8.10. The van der Waals surface area contributed by atoms with Crippen LogP contribution in [0.4, 0.5) is 0 Å². The van der Waals surface area contributed by atoms with Crippen molar-refractivity contribution in [1.82, 2.24) is 4.90 Å². The molecule has 1 aliphatic heterocycles. The van der Waals surface area contributed by atoms with Gasteiger partial charge in [-0.1, -0.05) is 6.92 Å². The maximum atomic E-state index is 12.2. The SMILES string of the molecule is CCC(CN)C(=O)N1CCSCC1CC(=O)O. The van der Waals surface area contributed by atoms with Crippen LogP contribution < -0.4 is 5.73 Å². The second-order valence-electron chi connectivity index (χ2n) is 4.20. The number of hydrogen-bond donors (Lipinski definition) is 2. The molecule has 17 heavy (non-hydrogen) atoms. The van der Waals surface area contributed by atoms with Crippen molar-refractivity contribution >= 4 is 23.6 Å². The van der Waals surface area contributed by atoms with Gasteiger partial charge in [-0.15, -0.1) is 0 Å². The highest BCUT2D eigenvalue weighted by Gasteiger charge is 2.31. The lowest BCUT2D eigenvalue weighted by Gasteiger charge is -2.36. The maximum absolute atomic E-state index is 12.2. The fourth-order valence-electron chi connectivity index (χ4n) is 1.99. The highest BCUT2D eigenvalue weighted by molar-refractivity contribution is 7.99. The molecule has 6 heteroatoms. The van der Waals surface area contributed by atoms with Gasteiger partial charge >= 0.3 is 5.97 Å². The second kappa shape index (κ2) is 6.86. The van der Waals surface area contributed by atoms with Gasteiger partial charge in [0.25, 0.3) is 0 Å². The largest absolute Gasteiger partial charge is 0.481 e. The molecule has 1 rings (SSSR count). The van der Waals surface area contributed by atoms with Crippen molar-refractivity contribution in [3.8, 4) is 0 Å². The van der Waals surface area contributed by atoms with Crippen LogP contribution in [0.2, 0.25) is 0 Å². The van der Waals surface area contributed by atoms with Crippen molar-refractivity contribution < 1.29 is 14.7 Å². The first kappa shape index (κ1) is 14.3. The molecule has 2 unspecified atom stereocenters. The summed E-state index contributed by atoms with van der Waals surface area (Å²) in [6.07, 6.45) is 0.735. The molecule has 0 aromatic rings. The zero-order chi connectivity index (χ0) is 12.8. The van der Waals surface area contributed by atoms with Crippen molar-refractivity contribution in [2.75, 3.05) is 24.6 Å². The van der Waals surface area contributed by atoms with E-state index < -0.39 is 5.97 Å². The van der Waals surface area contributed by atoms with E-state index in [0.717, 1.165) is 5.75 Å². The average molecular weight is 260 g/mol. The van der Waals surface area contributed by atoms with Gasteiger partial charge in [0.05, 0.1) is 18.4 Å². The monoisotopic (exact) mass is 260 g/mol. The highest BCUT2D eigenvalue weighted by atomic mass is 32.2. The molecule has 1 fully saturated rings. The van der Waals surface area contributed by atoms with Crippen LogP contribution >= 0.6 is 11.8 Å². The summed E-state index contributed by atoms with van der Waals surface area (Å²) in [5.41, 5.74) is 5.57. The third kappa shape index (κ3) is 3.89. The Hall–Kier alpha value is -0.750. The smallest absolute Gasteiger partial charge is 0.305 e. The van der Waals surface area contributed by atoms with Crippen molar-refractivity contribution in [2.24, 2.45) is 11.7 Å². The third-order valence-corrected chi connectivity index (χ3v) is 4.14. The number of carbonyl (C=O) groups is 2. The van der Waals surface area contributed by atoms with Gasteiger partial charge < -0.3 is 15.7 Å². The molecule has 1 saturated heterocycles. The van der Waals surface area contributed by atoms with Crippen molar-refractivity contribution in [3.05, 3.63) is 0 Å². The van der Waals surface area contributed by atoms with E-state index in [-0.39, 0.29) is 24.3 Å². The van der Waals surface area contributed by atoms with Crippen LogP contribution in [0.15, 0.2) is 0 Å². The molecule has 98 valence electrons. The fraction of sp³-hybridized carbons (Fsp3) is 0.818. The topological polar surface area (TPSA) is 83.6 Å². The van der Waals surface area contributed by atoms with Gasteiger partial charge in [0.1, 0.15) is 0 Å². The Bertz CT molecular complexity index is 282. The van der Waals surface area contributed by atoms with Gasteiger partial charge in [-0.05, 0) is 6.42 Å². The number of carboxylic acids is 1. The van der Waals surface area contributed by atoms with Crippen LogP contribution in [0.3, 0.4) is 0 Å². The van der Waals surface area contributed by atoms with Crippen LogP contribution in [0.25, 0.3) is 0 Å². The first-order valence-corrected chi connectivity index (χ1v) is 7.05. The van der Waals surface area contributed by atoms with E-state index in [1.165, 1.54) is 0 Å². The van der Waals surface area contributed by atoms with Crippen molar-refractivity contribution in [3.63, 3.8) is 0 Å². The van der Waals surface area contributed by atoms with Crippen LogP contribution in [-0.4, -0.2) is 52.5 Å². The summed E-state index contributed by atoms with van der Waals surface area (Å²) in [5, 5.41) is 8.85. The lowest BCUT2D eigenvalue weighted by molar-refractivity contribution is -0.142. The molecule has 3 N–H and O–H groups in total. The zero-order valence-corrected chi connectivity index (χ0v) is 10.9. The van der Waals surface area contributed by atoms with Crippen LogP contribution in [0.5, 0.6) is 0 Å². The molecule has 2 atom stereocenters. The number of nitrogens with two attached hydrogens (primary N) is 1.